The molecule has 0 aliphatic carbocycles. The van der Waals surface area contributed by atoms with Crippen LogP contribution in [0, 0.1) is 5.92 Å². The maximum atomic E-state index is 14.7. The van der Waals surface area contributed by atoms with E-state index in [1.165, 1.54) is 84.6 Å². The molecule has 0 radical (unpaired) electrons. The number of phenolic OH excluding ortho intramolecular Hbond substituents is 3. The molecule has 0 spiro atoms. The number of aliphatic carboxylic acids is 1. The summed E-state index contributed by atoms with van der Waals surface area (Å²) in [6, 6.07) is 2.75. The van der Waals surface area contributed by atoms with Crippen molar-refractivity contribution in [2.45, 2.75) is 145 Å². The van der Waals surface area contributed by atoms with Crippen molar-refractivity contribution in [2.75, 3.05) is 13.2 Å². The Morgan fingerprint density at radius 1 is 0.542 bits per heavy atom. The zero-order valence-corrected chi connectivity index (χ0v) is 46.1. The lowest BCUT2D eigenvalue weighted by Gasteiger charge is -2.31. The standard InChI is InChI=1S/C55H75N11O17/c1-28(2)23-38(51(78)65-46(29(3)68)55(82)83)62-53(80)43-5-4-22-66(43)54(81)41(26-32-10-16-35(71)17-11-32)63-52(79)42(27-67)64-50(77)40(25-31-8-14-34(70)15-9-31)61-49(76)39(24-30-6-12-33(69)13-7-30)60-48(75)37(19-21-45(58)73)59-47(74)36(56)18-20-44(57)72/h6-17,28-29,36-43,46,67-71H,4-5,18-27,56H2,1-3H3,(H2,57,72)(H2,58,73)(H,59,74)(H,60,75)(H,61,76)(H,62,80)(H,63,79)(H,64,77)(H,65,78)(H,82,83)/t29-,36+,37+,38+,39+,40+,41+,42+,43+,46+/m1/s1. The van der Waals surface area contributed by atoms with Gasteiger partial charge >= 0.3 is 5.97 Å². The van der Waals surface area contributed by atoms with E-state index in [9.17, 15) is 83.4 Å². The molecule has 4 rings (SSSR count). The van der Waals surface area contributed by atoms with Crippen LogP contribution in [-0.4, -0.2) is 174 Å². The third-order valence-electron chi connectivity index (χ3n) is 13.4. The third kappa shape index (κ3) is 21.5. The minimum absolute atomic E-state index is 0.00867. The SMILES string of the molecule is CC(C)C[C@H](NC(=O)[C@@H]1CCCN1C(=O)[C@H](Cc1ccc(O)cc1)NC(=O)[C@H](CO)NC(=O)[C@H](Cc1ccc(O)cc1)NC(=O)[C@H](Cc1ccc(O)cc1)NC(=O)[C@H](CCC(N)=O)NC(=O)[C@@H](N)CCC(N)=O)C(=O)N[C@H](C(=O)O)[C@@H](C)O. The number of aliphatic hydroxyl groups is 2. The van der Waals surface area contributed by atoms with Crippen LogP contribution in [0.15, 0.2) is 72.8 Å². The number of aliphatic hydroxyl groups excluding tert-OH is 2. The molecule has 10 atom stereocenters. The number of carbonyl (C=O) groups is 11. The number of amides is 10. The van der Waals surface area contributed by atoms with Gasteiger partial charge in [0.15, 0.2) is 6.04 Å². The number of nitrogens with two attached hydrogens (primary N) is 3. The maximum absolute atomic E-state index is 14.7. The van der Waals surface area contributed by atoms with Crippen LogP contribution >= 0.6 is 0 Å². The van der Waals surface area contributed by atoms with Crippen LogP contribution in [0.25, 0.3) is 0 Å². The molecule has 0 aromatic heterocycles. The van der Waals surface area contributed by atoms with Gasteiger partial charge < -0.3 is 90.0 Å². The van der Waals surface area contributed by atoms with E-state index in [0.29, 0.717) is 16.7 Å². The number of carboxylic acids is 1. The van der Waals surface area contributed by atoms with E-state index in [-0.39, 0.29) is 87.5 Å². The number of phenols is 3. The molecule has 3 aromatic carbocycles. The lowest BCUT2D eigenvalue weighted by atomic mass is 10.0. The van der Waals surface area contributed by atoms with Gasteiger partial charge in [-0.2, -0.15) is 0 Å². The molecule has 1 saturated heterocycles. The highest BCUT2D eigenvalue weighted by Crippen LogP contribution is 2.22. The van der Waals surface area contributed by atoms with Crippen LogP contribution in [0.2, 0.25) is 0 Å². The Balaban J connectivity index is 1.65. The zero-order valence-electron chi connectivity index (χ0n) is 46.1. The first-order valence-electron chi connectivity index (χ1n) is 26.8. The van der Waals surface area contributed by atoms with Gasteiger partial charge in [0.1, 0.15) is 59.5 Å². The molecule has 0 bridgehead atoms. The Labute approximate surface area is 477 Å². The fraction of sp³-hybridized carbons (Fsp3) is 0.473. The predicted octanol–water partition coefficient (Wildman–Crippen LogP) is -3.42. The van der Waals surface area contributed by atoms with E-state index in [4.69, 9.17) is 17.2 Å². The highest BCUT2D eigenvalue weighted by atomic mass is 16.4. The molecule has 1 fully saturated rings. The number of carboxylic acid groups (broad SMARTS) is 1. The monoisotopic (exact) mass is 1160 g/mol. The second-order valence-corrected chi connectivity index (χ2v) is 20.7. The van der Waals surface area contributed by atoms with Crippen LogP contribution in [0.1, 0.15) is 82.4 Å². The normalized spacial score (nSPS) is 16.2. The van der Waals surface area contributed by atoms with Crippen molar-refractivity contribution >= 4 is 65.0 Å². The van der Waals surface area contributed by atoms with Crippen molar-refractivity contribution in [2.24, 2.45) is 23.1 Å². The van der Waals surface area contributed by atoms with Crippen LogP contribution in [0.4, 0.5) is 0 Å². The minimum atomic E-state index is -1.85. The van der Waals surface area contributed by atoms with Crippen LogP contribution < -0.4 is 54.4 Å². The van der Waals surface area contributed by atoms with Crippen LogP contribution in [0.5, 0.6) is 17.2 Å². The van der Waals surface area contributed by atoms with Gasteiger partial charge in [-0.15, -0.1) is 0 Å². The summed E-state index contributed by atoms with van der Waals surface area (Å²) in [6.45, 7) is 3.57. The molecule has 19 N–H and O–H groups in total. The molecule has 0 saturated carbocycles. The Morgan fingerprint density at radius 3 is 1.37 bits per heavy atom. The van der Waals surface area contributed by atoms with Gasteiger partial charge in [-0.3, -0.25) is 47.9 Å². The number of likely N-dealkylation sites (tertiary alicyclic amines) is 1. The summed E-state index contributed by atoms with van der Waals surface area (Å²) < 4.78 is 0. The van der Waals surface area contributed by atoms with E-state index < -0.39 is 139 Å². The quantitative estimate of drug-likeness (QED) is 0.0289. The highest BCUT2D eigenvalue weighted by Gasteiger charge is 2.41. The number of rotatable bonds is 32. The molecule has 1 aliphatic heterocycles. The van der Waals surface area contributed by atoms with E-state index in [1.807, 2.05) is 0 Å². The molecule has 0 unspecified atom stereocenters. The third-order valence-corrected chi connectivity index (χ3v) is 13.4. The second-order valence-electron chi connectivity index (χ2n) is 20.7. The summed E-state index contributed by atoms with van der Waals surface area (Å²) >= 11 is 0. The Kier molecular flexibility index (Phi) is 25.6. The second kappa shape index (κ2) is 31.9. The van der Waals surface area contributed by atoms with E-state index in [0.717, 1.165) is 0 Å². The van der Waals surface area contributed by atoms with Gasteiger partial charge in [0.05, 0.1) is 18.8 Å². The van der Waals surface area contributed by atoms with Gasteiger partial charge in [0.2, 0.25) is 59.1 Å². The molecular formula is C55H75N11O17. The first-order chi connectivity index (χ1) is 39.1. The number of nitrogens with zero attached hydrogens (tertiary/aromatic N) is 1. The number of primary amides is 2. The average Bonchev–Trinajstić information content (AvgIpc) is 4.22. The number of hydrogen-bond donors (Lipinski definition) is 16. The molecule has 1 heterocycles. The number of carbonyl (C=O) groups excluding carboxylic acids is 10. The van der Waals surface area contributed by atoms with Gasteiger partial charge in [-0.25, -0.2) is 4.79 Å². The Bertz CT molecular complexity index is 2760. The van der Waals surface area contributed by atoms with E-state index in [2.05, 4.69) is 37.2 Å². The highest BCUT2D eigenvalue weighted by molar-refractivity contribution is 5.99. The molecule has 1 aliphatic rings. The molecule has 10 amide bonds. The fourth-order valence-electron chi connectivity index (χ4n) is 8.88. The summed E-state index contributed by atoms with van der Waals surface area (Å²) in [4.78, 5) is 149. The lowest BCUT2D eigenvalue weighted by Crippen LogP contribution is -2.61. The van der Waals surface area contributed by atoms with Crippen molar-refractivity contribution in [3.05, 3.63) is 89.5 Å². The summed E-state index contributed by atoms with van der Waals surface area (Å²) in [5.41, 5.74) is 17.6. The molecular weight excluding hydrogens is 1090 g/mol. The number of benzene rings is 3. The summed E-state index contributed by atoms with van der Waals surface area (Å²) in [7, 11) is 0. The average molecular weight is 1160 g/mol. The summed E-state index contributed by atoms with van der Waals surface area (Å²) in [5.74, 6) is -11.4. The number of aromatic hydroxyl groups is 3. The Hall–Kier alpha value is -8.89. The smallest absolute Gasteiger partial charge is 0.328 e. The van der Waals surface area contributed by atoms with Crippen molar-refractivity contribution in [1.29, 1.82) is 0 Å². The summed E-state index contributed by atoms with van der Waals surface area (Å²) in [5, 5.41) is 77.6. The van der Waals surface area contributed by atoms with Gasteiger partial charge in [0.25, 0.3) is 0 Å². The number of hydrogen-bond acceptors (Lipinski definition) is 17. The largest absolute Gasteiger partial charge is 0.508 e. The molecule has 28 heteroatoms. The first kappa shape index (κ1) is 66.6. The van der Waals surface area contributed by atoms with Gasteiger partial charge in [-0.05, 0) is 98.0 Å². The lowest BCUT2D eigenvalue weighted by molar-refractivity contribution is -0.146. The Morgan fingerprint density at radius 2 is 0.940 bits per heavy atom. The van der Waals surface area contributed by atoms with Gasteiger partial charge in [0, 0.05) is 38.6 Å². The minimum Gasteiger partial charge on any atom is -0.508 e. The van der Waals surface area contributed by atoms with E-state index in [1.54, 1.807) is 13.8 Å². The maximum Gasteiger partial charge on any atom is 0.328 e. The summed E-state index contributed by atoms with van der Waals surface area (Å²) in [6.07, 6.45) is -3.27. The molecule has 3 aromatic rings. The fourth-order valence-corrected chi connectivity index (χ4v) is 8.88. The van der Waals surface area contributed by atoms with E-state index >= 15 is 0 Å². The van der Waals surface area contributed by atoms with Crippen molar-refractivity contribution in [1.82, 2.24) is 42.1 Å². The van der Waals surface area contributed by atoms with Gasteiger partial charge in [-0.1, -0.05) is 50.2 Å². The first-order valence-corrected chi connectivity index (χ1v) is 26.8. The molecule has 452 valence electrons. The van der Waals surface area contributed by atoms with Crippen LogP contribution in [0.3, 0.4) is 0 Å². The molecule has 28 nitrogen and oxygen atoms in total. The van der Waals surface area contributed by atoms with Crippen LogP contribution in [-0.2, 0) is 72.0 Å². The molecule has 83 heavy (non-hydrogen) atoms. The van der Waals surface area contributed by atoms with Crippen molar-refractivity contribution < 1.29 is 83.4 Å². The topological polar surface area (TPSA) is 475 Å². The number of nitrogens with one attached hydrogen (secondary N) is 7. The zero-order chi connectivity index (χ0) is 61.7. The van der Waals surface area contributed by atoms with Crippen molar-refractivity contribution in [3.63, 3.8) is 0 Å². The van der Waals surface area contributed by atoms with Crippen molar-refractivity contribution in [3.8, 4) is 17.2 Å². The predicted molar refractivity (Wildman–Crippen MR) is 294 cm³/mol.